The molecule has 1 saturated heterocycles. The van der Waals surface area contributed by atoms with Crippen molar-refractivity contribution >= 4 is 46.1 Å². The Morgan fingerprint density at radius 1 is 0.980 bits per heavy atom. The number of hydrogen-bond acceptors (Lipinski definition) is 9. The zero-order valence-electron chi connectivity index (χ0n) is 28.3. The Hall–Kier alpha value is -5.36. The maximum absolute atomic E-state index is 14.0. The molecule has 2 heterocycles. The van der Waals surface area contributed by atoms with Crippen molar-refractivity contribution in [3.63, 3.8) is 0 Å². The zero-order chi connectivity index (χ0) is 35.1. The van der Waals surface area contributed by atoms with Gasteiger partial charge in [0.05, 0.1) is 29.6 Å². The molecule has 0 bridgehead atoms. The average molecular weight is 666 g/mol. The molecule has 0 radical (unpaired) electrons. The maximum atomic E-state index is 14.0. The molecule has 1 aliphatic rings. The van der Waals surface area contributed by atoms with Gasteiger partial charge in [-0.15, -0.1) is 0 Å². The zero-order valence-corrected chi connectivity index (χ0v) is 28.3. The highest BCUT2D eigenvalue weighted by atomic mass is 16.5. The summed E-state index contributed by atoms with van der Waals surface area (Å²) in [5.41, 5.74) is 3.11. The van der Waals surface area contributed by atoms with Crippen LogP contribution in [0, 0.1) is 5.41 Å². The molecule has 0 aliphatic carbocycles. The lowest BCUT2D eigenvalue weighted by Crippen LogP contribution is -2.54. The third-order valence-corrected chi connectivity index (χ3v) is 8.96. The number of ether oxygens (including phenoxy) is 1. The summed E-state index contributed by atoms with van der Waals surface area (Å²) in [5, 5.41) is 17.3. The largest absolute Gasteiger partial charge is 0.464 e. The number of imidazole rings is 1. The third kappa shape index (κ3) is 7.86. The molecular formula is C37H43N7O5. The lowest BCUT2D eigenvalue weighted by atomic mass is 9.80. The Morgan fingerprint density at radius 2 is 1.67 bits per heavy atom. The average Bonchev–Trinajstić information content (AvgIpc) is 3.75. The van der Waals surface area contributed by atoms with Crippen LogP contribution in [-0.2, 0) is 38.1 Å². The molecule has 0 spiro atoms. The summed E-state index contributed by atoms with van der Waals surface area (Å²) < 4.78 is 7.10. The van der Waals surface area contributed by atoms with E-state index in [1.165, 1.54) is 6.92 Å². The minimum atomic E-state index is -1.17. The number of rotatable bonds is 13. The van der Waals surface area contributed by atoms with Crippen LogP contribution in [0.5, 0.6) is 0 Å². The predicted molar refractivity (Wildman–Crippen MR) is 187 cm³/mol. The first kappa shape index (κ1) is 35.0. The van der Waals surface area contributed by atoms with Crippen LogP contribution in [0.2, 0.25) is 0 Å². The van der Waals surface area contributed by atoms with E-state index in [9.17, 15) is 19.2 Å². The van der Waals surface area contributed by atoms with Crippen molar-refractivity contribution in [1.82, 2.24) is 25.1 Å². The number of ketones is 1. The highest BCUT2D eigenvalue weighted by molar-refractivity contribution is 6.11. The number of fused-ring (bicyclic) bond motifs is 1. The third-order valence-electron chi connectivity index (χ3n) is 8.96. The first-order chi connectivity index (χ1) is 23.5. The van der Waals surface area contributed by atoms with E-state index in [-0.39, 0.29) is 36.6 Å². The van der Waals surface area contributed by atoms with E-state index >= 15 is 0 Å². The first-order valence-corrected chi connectivity index (χ1v) is 16.5. The fourth-order valence-corrected chi connectivity index (χ4v) is 6.03. The minimum absolute atomic E-state index is 0.00896. The Bertz CT molecular complexity index is 1850. The van der Waals surface area contributed by atoms with Crippen LogP contribution in [0.15, 0.2) is 72.8 Å². The Balaban J connectivity index is 1.31. The van der Waals surface area contributed by atoms with E-state index in [0.29, 0.717) is 36.3 Å². The summed E-state index contributed by atoms with van der Waals surface area (Å²) in [4.78, 5) is 58.1. The molecule has 2 amide bonds. The Kier molecular flexibility index (Phi) is 10.9. The van der Waals surface area contributed by atoms with Gasteiger partial charge in [-0.05, 0) is 87.7 Å². The number of aryl methyl sites for hydroxylation is 1. The number of hydrogen-bond donors (Lipinski definition) is 4. The highest BCUT2D eigenvalue weighted by Gasteiger charge is 2.41. The van der Waals surface area contributed by atoms with Crippen molar-refractivity contribution in [3.8, 4) is 0 Å². The molecule has 3 aromatic carbocycles. The van der Waals surface area contributed by atoms with Gasteiger partial charge in [-0.3, -0.25) is 25.1 Å². The molecule has 2 unspecified atom stereocenters. The van der Waals surface area contributed by atoms with E-state index in [4.69, 9.17) is 15.1 Å². The topological polar surface area (TPSA) is 159 Å². The number of aromatic nitrogens is 2. The summed E-state index contributed by atoms with van der Waals surface area (Å²) >= 11 is 0. The number of benzene rings is 3. The van der Waals surface area contributed by atoms with Gasteiger partial charge in [-0.2, -0.15) is 0 Å². The lowest BCUT2D eigenvalue weighted by Gasteiger charge is -2.34. The first-order valence-electron chi connectivity index (χ1n) is 16.5. The van der Waals surface area contributed by atoms with Crippen LogP contribution >= 0.6 is 0 Å². The van der Waals surface area contributed by atoms with Crippen molar-refractivity contribution < 1.29 is 23.9 Å². The smallest absolute Gasteiger partial charge is 0.330 e. The van der Waals surface area contributed by atoms with Crippen LogP contribution in [0.4, 0.5) is 5.69 Å². The van der Waals surface area contributed by atoms with E-state index in [0.717, 1.165) is 35.4 Å². The lowest BCUT2D eigenvalue weighted by molar-refractivity contribution is -0.149. The van der Waals surface area contributed by atoms with Gasteiger partial charge in [0.25, 0.3) is 5.91 Å². The Morgan fingerprint density at radius 3 is 2.33 bits per heavy atom. The van der Waals surface area contributed by atoms with E-state index in [1.54, 1.807) is 43.3 Å². The molecule has 256 valence electrons. The number of carbonyl (C=O) groups is 4. The number of Topliss-reactive ketones (excluding diaryl/α,β-unsaturated/α-hetero) is 1. The van der Waals surface area contributed by atoms with Gasteiger partial charge in [-0.25, -0.2) is 9.78 Å². The summed E-state index contributed by atoms with van der Waals surface area (Å²) in [6, 6.07) is 20.6. The molecular weight excluding hydrogens is 622 g/mol. The van der Waals surface area contributed by atoms with Crippen molar-refractivity contribution in [2.75, 3.05) is 31.6 Å². The van der Waals surface area contributed by atoms with Gasteiger partial charge >= 0.3 is 5.97 Å². The van der Waals surface area contributed by atoms with E-state index < -0.39 is 17.4 Å². The van der Waals surface area contributed by atoms with Crippen LogP contribution < -0.4 is 16.0 Å². The molecule has 1 aliphatic heterocycles. The van der Waals surface area contributed by atoms with Crippen molar-refractivity contribution in [1.29, 1.82) is 5.41 Å². The summed E-state index contributed by atoms with van der Waals surface area (Å²) in [6.07, 6.45) is 1.86. The maximum Gasteiger partial charge on any atom is 0.330 e. The molecule has 12 heteroatoms. The highest BCUT2D eigenvalue weighted by Crippen LogP contribution is 2.31. The van der Waals surface area contributed by atoms with Crippen LogP contribution in [0.25, 0.3) is 11.0 Å². The number of anilines is 1. The number of nitrogens with one attached hydrogen (secondary N) is 4. The molecule has 4 aromatic rings. The van der Waals surface area contributed by atoms with Gasteiger partial charge < -0.3 is 24.8 Å². The summed E-state index contributed by atoms with van der Waals surface area (Å²) in [7, 11) is 1.93. The quantitative estimate of drug-likeness (QED) is 0.0724. The molecule has 2 atom stereocenters. The van der Waals surface area contributed by atoms with Crippen molar-refractivity contribution in [2.24, 2.45) is 7.05 Å². The molecule has 1 fully saturated rings. The van der Waals surface area contributed by atoms with Crippen LogP contribution in [0.1, 0.15) is 60.9 Å². The number of amidine groups is 1. The molecule has 49 heavy (non-hydrogen) atoms. The van der Waals surface area contributed by atoms with Gasteiger partial charge in [0.2, 0.25) is 5.91 Å². The second kappa shape index (κ2) is 15.2. The second-order valence-corrected chi connectivity index (χ2v) is 12.4. The molecule has 12 nitrogen and oxygen atoms in total. The van der Waals surface area contributed by atoms with Gasteiger partial charge in [0.1, 0.15) is 11.7 Å². The molecule has 1 aromatic heterocycles. The fraction of sp³-hybridized carbons (Fsp3) is 0.351. The monoisotopic (exact) mass is 665 g/mol. The van der Waals surface area contributed by atoms with Gasteiger partial charge in [0, 0.05) is 43.5 Å². The van der Waals surface area contributed by atoms with Crippen LogP contribution in [0.3, 0.4) is 0 Å². The number of carbonyl (C=O) groups excluding carboxylic acids is 4. The van der Waals surface area contributed by atoms with Crippen molar-refractivity contribution in [2.45, 2.75) is 51.6 Å². The predicted octanol–water partition coefficient (Wildman–Crippen LogP) is 3.93. The van der Waals surface area contributed by atoms with Gasteiger partial charge in [0.15, 0.2) is 11.8 Å². The minimum Gasteiger partial charge on any atom is -0.464 e. The number of nitrogens with zero attached hydrogens (tertiary/aromatic N) is 3. The van der Waals surface area contributed by atoms with E-state index in [1.807, 2.05) is 59.8 Å². The fourth-order valence-electron chi connectivity index (χ4n) is 6.03. The summed E-state index contributed by atoms with van der Waals surface area (Å²) in [6.45, 7) is 6.79. The normalized spacial score (nSPS) is 14.6. The van der Waals surface area contributed by atoms with Gasteiger partial charge in [-0.1, -0.05) is 24.3 Å². The second-order valence-electron chi connectivity index (χ2n) is 12.4. The number of amides is 2. The molecule has 0 saturated carbocycles. The number of esters is 1. The number of likely N-dealkylation sites (tertiary alicyclic amines) is 1. The molecule has 4 N–H and O–H groups in total. The summed E-state index contributed by atoms with van der Waals surface area (Å²) in [5.74, 6) is -0.678. The van der Waals surface area contributed by atoms with E-state index in [2.05, 4.69) is 16.0 Å². The van der Waals surface area contributed by atoms with Crippen molar-refractivity contribution in [3.05, 3.63) is 95.3 Å². The Labute approximate surface area is 285 Å². The molecule has 5 rings (SSSR count). The standard InChI is InChI=1S/C37H43N7O5/c1-5-49-35(47)32(24(2)45)40-23-37(3,36(48)44-19-9-10-20-44)27-15-18-30-29(21-27)41-31(43(30)4)22-39-28-16-13-25(14-17-28)33(38)42-34(46)26-11-7-6-8-12-26/h6-8,11-18,21,32,39-40H,5,9-10,19-20,22-23H2,1-4H3,(H2,38,42,46). The van der Waals surface area contributed by atoms with Crippen LogP contribution in [-0.4, -0.2) is 76.1 Å². The SMILES string of the molecule is CCOC(=O)C(NCC(C)(C(=O)N1CCCC1)c1ccc2c(c1)nc(CNc1ccc(C(=N)NC(=O)c3ccccc3)cc1)n2C)C(C)=O.